The number of benzene rings is 1. The minimum absolute atomic E-state index is 0.270. The third-order valence-electron chi connectivity index (χ3n) is 3.45. The first-order chi connectivity index (χ1) is 9.08. The molecule has 0 spiro atoms. The van der Waals surface area contributed by atoms with Gasteiger partial charge in [-0.3, -0.25) is 0 Å². The molecule has 0 amide bonds. The third kappa shape index (κ3) is 5.27. The van der Waals surface area contributed by atoms with E-state index in [4.69, 9.17) is 11.6 Å². The van der Waals surface area contributed by atoms with Crippen LogP contribution in [0.25, 0.3) is 0 Å². The molecule has 0 aliphatic rings. The smallest absolute Gasteiger partial charge is 0.117 e. The number of aliphatic hydroxyl groups is 1. The van der Waals surface area contributed by atoms with Gasteiger partial charge in [-0.25, -0.2) is 0 Å². The fraction of sp³-hybridized carbons (Fsp3) is 0.529. The summed E-state index contributed by atoms with van der Waals surface area (Å²) in [6.07, 6.45) is 3.76. The van der Waals surface area contributed by atoms with Crippen molar-refractivity contribution >= 4 is 11.6 Å². The molecule has 2 atom stereocenters. The molecule has 1 aromatic carbocycles. The van der Waals surface area contributed by atoms with Crippen LogP contribution in [0.4, 0.5) is 0 Å². The molecule has 0 fully saturated rings. The third-order valence-corrected chi connectivity index (χ3v) is 3.69. The van der Waals surface area contributed by atoms with Crippen molar-refractivity contribution in [3.63, 3.8) is 0 Å². The SMILES string of the molecule is CCCCC(CC)C(O)C#Cc1cc(Cl)ccc1C. The molecular weight excluding hydrogens is 256 g/mol. The predicted molar refractivity (Wildman–Crippen MR) is 82.4 cm³/mol. The van der Waals surface area contributed by atoms with Crippen molar-refractivity contribution in [2.75, 3.05) is 0 Å². The minimum atomic E-state index is -0.546. The van der Waals surface area contributed by atoms with Crippen LogP contribution in [0.5, 0.6) is 0 Å². The lowest BCUT2D eigenvalue weighted by molar-refractivity contribution is 0.150. The summed E-state index contributed by atoms with van der Waals surface area (Å²) in [5.41, 5.74) is 1.99. The number of aliphatic hydroxyl groups excluding tert-OH is 1. The summed E-state index contributed by atoms with van der Waals surface area (Å²) >= 11 is 5.96. The lowest BCUT2D eigenvalue weighted by Crippen LogP contribution is -2.17. The maximum Gasteiger partial charge on any atom is 0.117 e. The molecule has 19 heavy (non-hydrogen) atoms. The van der Waals surface area contributed by atoms with Crippen LogP contribution in [0, 0.1) is 24.7 Å². The molecule has 0 aliphatic heterocycles. The molecule has 1 rings (SSSR count). The van der Waals surface area contributed by atoms with Gasteiger partial charge in [-0.05, 0) is 43.4 Å². The number of hydrogen-bond acceptors (Lipinski definition) is 1. The van der Waals surface area contributed by atoms with Gasteiger partial charge < -0.3 is 5.11 Å². The van der Waals surface area contributed by atoms with Gasteiger partial charge in [0.1, 0.15) is 6.10 Å². The van der Waals surface area contributed by atoms with Gasteiger partial charge in [-0.15, -0.1) is 0 Å². The summed E-state index contributed by atoms with van der Waals surface area (Å²) in [7, 11) is 0. The molecule has 0 aromatic heterocycles. The Bertz CT molecular complexity index is 456. The second-order valence-corrected chi connectivity index (χ2v) is 5.42. The fourth-order valence-electron chi connectivity index (χ4n) is 2.05. The Kier molecular flexibility index (Phi) is 6.99. The lowest BCUT2D eigenvalue weighted by Gasteiger charge is -2.16. The maximum atomic E-state index is 10.2. The molecule has 0 aliphatic carbocycles. The molecule has 0 bridgehead atoms. The van der Waals surface area contributed by atoms with E-state index in [0.29, 0.717) is 5.02 Å². The highest BCUT2D eigenvalue weighted by Crippen LogP contribution is 2.18. The quantitative estimate of drug-likeness (QED) is 0.782. The van der Waals surface area contributed by atoms with Gasteiger partial charge in [0.2, 0.25) is 0 Å². The summed E-state index contributed by atoms with van der Waals surface area (Å²) in [5, 5.41) is 10.8. The van der Waals surface area contributed by atoms with E-state index in [-0.39, 0.29) is 5.92 Å². The van der Waals surface area contributed by atoms with E-state index in [9.17, 15) is 5.11 Å². The van der Waals surface area contributed by atoms with Crippen LogP contribution in [-0.2, 0) is 0 Å². The highest BCUT2D eigenvalue weighted by Gasteiger charge is 2.14. The zero-order chi connectivity index (χ0) is 14.3. The summed E-state index contributed by atoms with van der Waals surface area (Å²) in [4.78, 5) is 0. The largest absolute Gasteiger partial charge is 0.380 e. The van der Waals surface area contributed by atoms with E-state index in [1.807, 2.05) is 25.1 Å². The Morgan fingerprint density at radius 2 is 2.05 bits per heavy atom. The Morgan fingerprint density at radius 3 is 2.68 bits per heavy atom. The predicted octanol–water partition coefficient (Wildman–Crippen LogP) is 4.58. The van der Waals surface area contributed by atoms with Crippen molar-refractivity contribution in [1.29, 1.82) is 0 Å². The van der Waals surface area contributed by atoms with Crippen LogP contribution >= 0.6 is 11.6 Å². The minimum Gasteiger partial charge on any atom is -0.380 e. The van der Waals surface area contributed by atoms with Gasteiger partial charge in [0, 0.05) is 10.6 Å². The zero-order valence-electron chi connectivity index (χ0n) is 12.0. The topological polar surface area (TPSA) is 20.2 Å². The monoisotopic (exact) mass is 278 g/mol. The summed E-state index contributed by atoms with van der Waals surface area (Å²) in [5.74, 6) is 6.30. The molecule has 2 unspecified atom stereocenters. The van der Waals surface area contributed by atoms with Gasteiger partial charge in [0.05, 0.1) is 0 Å². The standard InChI is InChI=1S/C17H23ClO/c1-4-6-7-14(5-2)17(19)11-9-15-12-16(18)10-8-13(15)3/h8,10,12,14,17,19H,4-7H2,1-3H3. The van der Waals surface area contributed by atoms with Gasteiger partial charge in [0.25, 0.3) is 0 Å². The number of unbranched alkanes of at least 4 members (excludes halogenated alkanes) is 1. The molecule has 104 valence electrons. The van der Waals surface area contributed by atoms with Crippen LogP contribution < -0.4 is 0 Å². The first kappa shape index (κ1) is 16.1. The molecular formula is C17H23ClO. The average molecular weight is 279 g/mol. The van der Waals surface area contributed by atoms with E-state index < -0.39 is 6.10 Å². The van der Waals surface area contributed by atoms with Crippen LogP contribution in [0.2, 0.25) is 5.02 Å². The zero-order valence-corrected chi connectivity index (χ0v) is 12.8. The van der Waals surface area contributed by atoms with Crippen LogP contribution in [0.15, 0.2) is 18.2 Å². The lowest BCUT2D eigenvalue weighted by atomic mass is 9.93. The molecule has 0 heterocycles. The number of halogens is 1. The molecule has 0 saturated carbocycles. The molecule has 2 heteroatoms. The second kappa shape index (κ2) is 8.25. The Balaban J connectivity index is 2.77. The highest BCUT2D eigenvalue weighted by atomic mass is 35.5. The summed E-state index contributed by atoms with van der Waals surface area (Å²) in [6.45, 7) is 6.27. The average Bonchev–Trinajstić information content (AvgIpc) is 2.40. The Hall–Kier alpha value is -0.970. The molecule has 0 radical (unpaired) electrons. The first-order valence-corrected chi connectivity index (χ1v) is 7.42. The molecule has 1 aromatic rings. The fourth-order valence-corrected chi connectivity index (χ4v) is 2.22. The van der Waals surface area contributed by atoms with Crippen molar-refractivity contribution < 1.29 is 5.11 Å². The van der Waals surface area contributed by atoms with Gasteiger partial charge >= 0.3 is 0 Å². The number of aryl methyl sites for hydroxylation is 1. The Morgan fingerprint density at radius 1 is 1.32 bits per heavy atom. The normalized spacial score (nSPS) is 13.5. The van der Waals surface area contributed by atoms with E-state index in [2.05, 4.69) is 25.7 Å². The van der Waals surface area contributed by atoms with Crippen LogP contribution in [0.1, 0.15) is 50.7 Å². The second-order valence-electron chi connectivity index (χ2n) is 4.98. The van der Waals surface area contributed by atoms with Crippen molar-refractivity contribution in [2.24, 2.45) is 5.92 Å². The van der Waals surface area contributed by atoms with Crippen molar-refractivity contribution in [1.82, 2.24) is 0 Å². The number of rotatable bonds is 5. The van der Waals surface area contributed by atoms with Crippen LogP contribution in [-0.4, -0.2) is 11.2 Å². The molecule has 1 nitrogen and oxygen atoms in total. The van der Waals surface area contributed by atoms with Crippen molar-refractivity contribution in [3.8, 4) is 11.8 Å². The van der Waals surface area contributed by atoms with Gasteiger partial charge in [0.15, 0.2) is 0 Å². The summed E-state index contributed by atoms with van der Waals surface area (Å²) < 4.78 is 0. The van der Waals surface area contributed by atoms with Crippen LogP contribution in [0.3, 0.4) is 0 Å². The maximum absolute atomic E-state index is 10.2. The highest BCUT2D eigenvalue weighted by molar-refractivity contribution is 6.30. The van der Waals surface area contributed by atoms with E-state index in [1.165, 1.54) is 0 Å². The van der Waals surface area contributed by atoms with E-state index in [0.717, 1.165) is 36.8 Å². The molecule has 1 N–H and O–H groups in total. The molecule has 0 saturated heterocycles. The first-order valence-electron chi connectivity index (χ1n) is 7.04. The van der Waals surface area contributed by atoms with Gasteiger partial charge in [-0.2, -0.15) is 0 Å². The number of hydrogen-bond donors (Lipinski definition) is 1. The van der Waals surface area contributed by atoms with Gasteiger partial charge in [-0.1, -0.05) is 56.2 Å². The van der Waals surface area contributed by atoms with Crippen molar-refractivity contribution in [2.45, 2.75) is 52.6 Å². The van der Waals surface area contributed by atoms with Crippen molar-refractivity contribution in [3.05, 3.63) is 34.3 Å². The Labute approximate surface area is 122 Å². The van der Waals surface area contributed by atoms with E-state index in [1.54, 1.807) is 0 Å². The summed E-state index contributed by atoms with van der Waals surface area (Å²) in [6, 6.07) is 5.66. The van der Waals surface area contributed by atoms with E-state index >= 15 is 0 Å².